The van der Waals surface area contributed by atoms with Gasteiger partial charge in [0.05, 0.1) is 0 Å². The van der Waals surface area contributed by atoms with Crippen LogP contribution in [0.25, 0.3) is 0 Å². The Balaban J connectivity index is 1.75. The van der Waals surface area contributed by atoms with Crippen LogP contribution in [0.1, 0.15) is 32.8 Å². The number of aromatic nitrogens is 1. The number of pyridine rings is 1. The molecule has 0 aromatic carbocycles. The summed E-state index contributed by atoms with van der Waals surface area (Å²) in [6, 6.07) is 3.22. The number of piperidine rings is 1. The first-order chi connectivity index (χ1) is 11.2. The number of likely N-dealkylation sites (tertiary alicyclic amines) is 1. The lowest BCUT2D eigenvalue weighted by molar-refractivity contribution is -0.121. The molecule has 1 aromatic heterocycles. The van der Waals surface area contributed by atoms with Gasteiger partial charge in [-0.25, -0.2) is 9.78 Å². The van der Waals surface area contributed by atoms with Crippen molar-refractivity contribution in [3.63, 3.8) is 0 Å². The van der Waals surface area contributed by atoms with E-state index in [1.807, 2.05) is 39.8 Å². The normalized spacial score (nSPS) is 25.2. The number of rotatable bonds is 2. The summed E-state index contributed by atoms with van der Waals surface area (Å²) in [7, 11) is 0. The molecule has 2 amide bonds. The molecule has 24 heavy (non-hydrogen) atoms. The molecular formula is C17H22BrN3O3. The molecule has 1 aromatic rings. The maximum atomic E-state index is 12.8. The molecule has 2 aliphatic rings. The summed E-state index contributed by atoms with van der Waals surface area (Å²) in [5, 5.41) is 2.87. The summed E-state index contributed by atoms with van der Waals surface area (Å²) >= 11 is 3.31. The molecule has 2 fully saturated rings. The lowest BCUT2D eigenvalue weighted by atomic mass is 10.1. The smallest absolute Gasteiger partial charge is 0.410 e. The van der Waals surface area contributed by atoms with Crippen molar-refractivity contribution < 1.29 is 14.3 Å². The minimum atomic E-state index is -0.576. The van der Waals surface area contributed by atoms with E-state index in [9.17, 15) is 9.59 Å². The van der Waals surface area contributed by atoms with E-state index in [2.05, 4.69) is 26.2 Å². The molecule has 6 nitrogen and oxygen atoms in total. The van der Waals surface area contributed by atoms with Crippen LogP contribution < -0.4 is 5.32 Å². The number of ether oxygens (including phenoxy) is 1. The summed E-state index contributed by atoms with van der Waals surface area (Å²) < 4.78 is 6.10. The molecule has 1 saturated carbocycles. The number of nitrogens with one attached hydrogen (secondary N) is 1. The molecule has 0 spiro atoms. The molecule has 2 heterocycles. The highest BCUT2D eigenvalue weighted by atomic mass is 79.9. The van der Waals surface area contributed by atoms with E-state index in [0.29, 0.717) is 22.9 Å². The van der Waals surface area contributed by atoms with Crippen molar-refractivity contribution in [3.8, 4) is 0 Å². The van der Waals surface area contributed by atoms with Crippen molar-refractivity contribution in [2.45, 2.75) is 45.8 Å². The van der Waals surface area contributed by atoms with Crippen molar-refractivity contribution in [3.05, 3.63) is 22.3 Å². The summed E-state index contributed by atoms with van der Waals surface area (Å²) in [5.74, 6) is 0.956. The number of carbonyl (C=O) groups excluding carboxylic acids is 2. The second-order valence-electron chi connectivity index (χ2n) is 7.53. The van der Waals surface area contributed by atoms with Gasteiger partial charge in [0, 0.05) is 6.54 Å². The number of halogens is 1. The van der Waals surface area contributed by atoms with Crippen molar-refractivity contribution in [1.82, 2.24) is 9.88 Å². The number of hydrogen-bond acceptors (Lipinski definition) is 4. The zero-order valence-corrected chi connectivity index (χ0v) is 15.9. The maximum Gasteiger partial charge on any atom is 0.410 e. The fourth-order valence-corrected chi connectivity index (χ4v) is 3.44. The van der Waals surface area contributed by atoms with Gasteiger partial charge in [-0.2, -0.15) is 0 Å². The Kier molecular flexibility index (Phi) is 4.32. The monoisotopic (exact) mass is 395 g/mol. The second-order valence-corrected chi connectivity index (χ2v) is 8.34. The van der Waals surface area contributed by atoms with Crippen molar-refractivity contribution >= 4 is 33.7 Å². The van der Waals surface area contributed by atoms with Gasteiger partial charge >= 0.3 is 6.09 Å². The molecule has 1 aliphatic heterocycles. The first-order valence-electron chi connectivity index (χ1n) is 8.09. The van der Waals surface area contributed by atoms with Crippen LogP contribution in [0, 0.1) is 18.8 Å². The lowest BCUT2D eigenvalue weighted by Crippen LogP contribution is -2.47. The van der Waals surface area contributed by atoms with Crippen molar-refractivity contribution in [2.75, 3.05) is 11.9 Å². The fourth-order valence-electron chi connectivity index (χ4n) is 3.13. The first kappa shape index (κ1) is 17.2. The van der Waals surface area contributed by atoms with Gasteiger partial charge in [-0.3, -0.25) is 9.69 Å². The molecule has 0 radical (unpaired) electrons. The van der Waals surface area contributed by atoms with E-state index >= 15 is 0 Å². The summed E-state index contributed by atoms with van der Waals surface area (Å²) in [4.78, 5) is 31.1. The van der Waals surface area contributed by atoms with Gasteiger partial charge in [0.15, 0.2) is 0 Å². The van der Waals surface area contributed by atoms with E-state index < -0.39 is 17.7 Å². The Morgan fingerprint density at radius 2 is 2.08 bits per heavy atom. The Bertz CT molecular complexity index is 686. The lowest BCUT2D eigenvalue weighted by Gasteiger charge is -2.29. The number of hydrogen-bond donors (Lipinski definition) is 1. The number of fused-ring (bicyclic) bond motifs is 1. The van der Waals surface area contributed by atoms with Crippen LogP contribution >= 0.6 is 15.9 Å². The SMILES string of the molecule is Cc1ccc(Br)nc1NC(=O)[C@@H]1[C@H]2C[C@H]2CN1C(=O)OC(C)(C)C. The topological polar surface area (TPSA) is 71.5 Å². The van der Waals surface area contributed by atoms with E-state index in [1.54, 1.807) is 4.90 Å². The zero-order valence-electron chi connectivity index (χ0n) is 14.3. The van der Waals surface area contributed by atoms with Crippen LogP contribution in [-0.4, -0.2) is 40.1 Å². The second kappa shape index (κ2) is 6.02. The van der Waals surface area contributed by atoms with Gasteiger partial charge in [-0.05, 0) is 73.5 Å². The number of amides is 2. The summed E-state index contributed by atoms with van der Waals surface area (Å²) in [6.07, 6.45) is 0.566. The largest absolute Gasteiger partial charge is 0.444 e. The molecule has 130 valence electrons. The molecular weight excluding hydrogens is 374 g/mol. The molecule has 0 unspecified atom stereocenters. The van der Waals surface area contributed by atoms with Gasteiger partial charge in [0.1, 0.15) is 22.1 Å². The summed E-state index contributed by atoms with van der Waals surface area (Å²) in [6.45, 7) is 7.94. The average molecular weight is 396 g/mol. The highest BCUT2D eigenvalue weighted by Crippen LogP contribution is 2.50. The molecule has 0 bridgehead atoms. The first-order valence-corrected chi connectivity index (χ1v) is 8.88. The predicted octanol–water partition coefficient (Wildman–Crippen LogP) is 3.35. The van der Waals surface area contributed by atoms with E-state index in [0.717, 1.165) is 12.0 Å². The van der Waals surface area contributed by atoms with Crippen LogP contribution in [0.3, 0.4) is 0 Å². The predicted molar refractivity (Wildman–Crippen MR) is 93.6 cm³/mol. The third-order valence-electron chi connectivity index (χ3n) is 4.35. The quantitative estimate of drug-likeness (QED) is 0.779. The Labute approximate surface area is 150 Å². The zero-order chi connectivity index (χ0) is 17.6. The fraction of sp³-hybridized carbons (Fsp3) is 0.588. The minimum Gasteiger partial charge on any atom is -0.444 e. The number of anilines is 1. The average Bonchev–Trinajstić information content (AvgIpc) is 3.11. The third kappa shape index (κ3) is 3.55. The third-order valence-corrected chi connectivity index (χ3v) is 4.79. The van der Waals surface area contributed by atoms with Crippen molar-refractivity contribution in [1.29, 1.82) is 0 Å². The van der Waals surface area contributed by atoms with Gasteiger partial charge < -0.3 is 10.1 Å². The van der Waals surface area contributed by atoms with E-state index in [1.165, 1.54) is 0 Å². The van der Waals surface area contributed by atoms with Crippen LogP contribution in [0.5, 0.6) is 0 Å². The van der Waals surface area contributed by atoms with Crippen LogP contribution in [0.15, 0.2) is 16.7 Å². The van der Waals surface area contributed by atoms with Crippen LogP contribution in [-0.2, 0) is 9.53 Å². The number of carbonyl (C=O) groups is 2. The van der Waals surface area contributed by atoms with E-state index in [-0.39, 0.29) is 11.8 Å². The van der Waals surface area contributed by atoms with Crippen LogP contribution in [0.2, 0.25) is 0 Å². The molecule has 3 atom stereocenters. The Morgan fingerprint density at radius 3 is 2.75 bits per heavy atom. The molecule has 1 saturated heterocycles. The Morgan fingerprint density at radius 1 is 1.38 bits per heavy atom. The highest BCUT2D eigenvalue weighted by Gasteiger charge is 2.57. The van der Waals surface area contributed by atoms with Gasteiger partial charge in [-0.1, -0.05) is 6.07 Å². The molecule has 3 rings (SSSR count). The van der Waals surface area contributed by atoms with Gasteiger partial charge in [-0.15, -0.1) is 0 Å². The molecule has 7 heteroatoms. The molecule has 1 aliphatic carbocycles. The Hall–Kier alpha value is -1.63. The highest BCUT2D eigenvalue weighted by molar-refractivity contribution is 9.10. The maximum absolute atomic E-state index is 12.8. The summed E-state index contributed by atoms with van der Waals surface area (Å²) in [5.41, 5.74) is 0.300. The molecule has 1 N–H and O–H groups in total. The van der Waals surface area contributed by atoms with Gasteiger partial charge in [0.2, 0.25) is 5.91 Å². The van der Waals surface area contributed by atoms with Gasteiger partial charge in [0.25, 0.3) is 0 Å². The van der Waals surface area contributed by atoms with Crippen LogP contribution in [0.4, 0.5) is 10.6 Å². The minimum absolute atomic E-state index is 0.195. The van der Waals surface area contributed by atoms with E-state index in [4.69, 9.17) is 4.74 Å². The standard InChI is InChI=1S/C17H22BrN3O3/c1-9-5-6-12(18)19-14(9)20-15(22)13-11-7-10(11)8-21(13)16(23)24-17(2,3)4/h5-6,10-11,13H,7-8H2,1-4H3,(H,19,20,22)/t10-,11-,13-/m0/s1. The van der Waals surface area contributed by atoms with Crippen molar-refractivity contribution in [2.24, 2.45) is 11.8 Å². The number of aryl methyl sites for hydroxylation is 1. The number of nitrogens with zero attached hydrogens (tertiary/aromatic N) is 2.